The molecule has 6 nitrogen and oxygen atoms in total. The van der Waals surface area contributed by atoms with Crippen LogP contribution in [0.2, 0.25) is 0 Å². The van der Waals surface area contributed by atoms with Gasteiger partial charge in [0.05, 0.1) is 16.8 Å². The SMILES string of the molecule is O=C(O)c1ccc(-c2ccc(/C=C3\C(=O)N(c4ccccc4)N=C3c3ccccc3)o2)cc1. The van der Waals surface area contributed by atoms with Crippen molar-refractivity contribution in [2.75, 3.05) is 5.01 Å². The third kappa shape index (κ3) is 3.97. The van der Waals surface area contributed by atoms with E-state index in [0.29, 0.717) is 28.5 Å². The number of hydrazone groups is 1. The quantitative estimate of drug-likeness (QED) is 0.422. The second-order valence-electron chi connectivity index (χ2n) is 7.41. The van der Waals surface area contributed by atoms with Gasteiger partial charge in [0.1, 0.15) is 17.2 Å². The summed E-state index contributed by atoms with van der Waals surface area (Å²) in [5.74, 6) is -0.165. The Bertz CT molecular complexity index is 1390. The number of carbonyl (C=O) groups is 2. The maximum atomic E-state index is 13.3. The molecule has 3 aromatic carbocycles. The number of rotatable bonds is 5. The summed E-state index contributed by atoms with van der Waals surface area (Å²) >= 11 is 0. The maximum Gasteiger partial charge on any atom is 0.335 e. The van der Waals surface area contributed by atoms with Crippen molar-refractivity contribution in [1.82, 2.24) is 0 Å². The molecule has 1 aliphatic heterocycles. The minimum atomic E-state index is -0.984. The molecule has 33 heavy (non-hydrogen) atoms. The standard InChI is InChI=1S/C27H18N2O4/c30-26-23(17-22-15-16-24(33-22)18-11-13-20(14-12-18)27(31)32)25(19-7-3-1-4-8-19)28-29(26)21-9-5-2-6-10-21/h1-17H,(H,31,32)/b23-17-. The topological polar surface area (TPSA) is 83.1 Å². The predicted octanol–water partition coefficient (Wildman–Crippen LogP) is 5.48. The summed E-state index contributed by atoms with van der Waals surface area (Å²) in [6.07, 6.45) is 1.69. The number of carboxylic acid groups (broad SMARTS) is 1. The zero-order valence-corrected chi connectivity index (χ0v) is 17.4. The fourth-order valence-corrected chi connectivity index (χ4v) is 3.60. The molecule has 1 amide bonds. The monoisotopic (exact) mass is 434 g/mol. The minimum absolute atomic E-state index is 0.203. The molecule has 0 unspecified atom stereocenters. The molecule has 0 spiro atoms. The number of benzene rings is 3. The summed E-state index contributed by atoms with van der Waals surface area (Å²) in [5, 5.41) is 15.1. The van der Waals surface area contributed by atoms with Gasteiger partial charge in [-0.25, -0.2) is 4.79 Å². The molecular weight excluding hydrogens is 416 g/mol. The van der Waals surface area contributed by atoms with E-state index >= 15 is 0 Å². The molecule has 5 rings (SSSR count). The highest BCUT2D eigenvalue weighted by Gasteiger charge is 2.32. The van der Waals surface area contributed by atoms with Gasteiger partial charge in [-0.05, 0) is 42.5 Å². The zero-order valence-electron chi connectivity index (χ0n) is 17.4. The Morgan fingerprint density at radius 2 is 1.48 bits per heavy atom. The van der Waals surface area contributed by atoms with E-state index in [1.807, 2.05) is 60.7 Å². The number of anilines is 1. The van der Waals surface area contributed by atoms with Crippen LogP contribution in [0.3, 0.4) is 0 Å². The van der Waals surface area contributed by atoms with Crippen molar-refractivity contribution in [1.29, 1.82) is 0 Å². The molecule has 0 radical (unpaired) electrons. The number of aromatic carboxylic acids is 1. The summed E-state index contributed by atoms with van der Waals surface area (Å²) in [5.41, 5.74) is 3.43. The first-order valence-corrected chi connectivity index (χ1v) is 10.3. The van der Waals surface area contributed by atoms with Crippen molar-refractivity contribution < 1.29 is 19.1 Å². The third-order valence-electron chi connectivity index (χ3n) is 5.26. The van der Waals surface area contributed by atoms with E-state index in [1.165, 1.54) is 17.1 Å². The molecule has 2 heterocycles. The third-order valence-corrected chi connectivity index (χ3v) is 5.26. The second kappa shape index (κ2) is 8.43. The van der Waals surface area contributed by atoms with E-state index < -0.39 is 5.97 Å². The van der Waals surface area contributed by atoms with Crippen LogP contribution < -0.4 is 5.01 Å². The van der Waals surface area contributed by atoms with Crippen LogP contribution in [0.1, 0.15) is 21.7 Å². The Kier molecular flexibility index (Phi) is 5.16. The number of hydrogen-bond acceptors (Lipinski definition) is 4. The number of hydrogen-bond donors (Lipinski definition) is 1. The average Bonchev–Trinajstić information content (AvgIpc) is 3.45. The van der Waals surface area contributed by atoms with Crippen molar-refractivity contribution in [2.24, 2.45) is 5.10 Å². The Balaban J connectivity index is 1.52. The molecule has 0 atom stereocenters. The van der Waals surface area contributed by atoms with E-state index in [2.05, 4.69) is 5.10 Å². The maximum absolute atomic E-state index is 13.3. The first-order valence-electron chi connectivity index (χ1n) is 10.3. The summed E-state index contributed by atoms with van der Waals surface area (Å²) in [6, 6.07) is 28.8. The molecule has 0 saturated heterocycles. The minimum Gasteiger partial charge on any atom is -0.478 e. The van der Waals surface area contributed by atoms with Crippen LogP contribution in [-0.4, -0.2) is 22.7 Å². The van der Waals surface area contributed by atoms with Crippen LogP contribution in [0.5, 0.6) is 0 Å². The van der Waals surface area contributed by atoms with E-state index in [0.717, 1.165) is 11.1 Å². The van der Waals surface area contributed by atoms with Gasteiger partial charge in [-0.1, -0.05) is 60.7 Å². The Morgan fingerprint density at radius 3 is 2.15 bits per heavy atom. The zero-order chi connectivity index (χ0) is 22.8. The average molecular weight is 434 g/mol. The smallest absolute Gasteiger partial charge is 0.335 e. The molecule has 1 aliphatic rings. The largest absolute Gasteiger partial charge is 0.478 e. The lowest BCUT2D eigenvalue weighted by Crippen LogP contribution is -2.21. The van der Waals surface area contributed by atoms with Crippen LogP contribution in [0.25, 0.3) is 17.4 Å². The van der Waals surface area contributed by atoms with Gasteiger partial charge in [0.15, 0.2) is 0 Å². The highest BCUT2D eigenvalue weighted by molar-refractivity contribution is 6.37. The van der Waals surface area contributed by atoms with Gasteiger partial charge >= 0.3 is 5.97 Å². The fourth-order valence-electron chi connectivity index (χ4n) is 3.60. The highest BCUT2D eigenvalue weighted by atomic mass is 16.4. The molecular formula is C27H18N2O4. The lowest BCUT2D eigenvalue weighted by Gasteiger charge is -2.10. The highest BCUT2D eigenvalue weighted by Crippen LogP contribution is 2.29. The van der Waals surface area contributed by atoms with Gasteiger partial charge in [0.2, 0.25) is 0 Å². The number of furan rings is 1. The van der Waals surface area contributed by atoms with E-state index in [4.69, 9.17) is 9.52 Å². The summed E-state index contributed by atoms with van der Waals surface area (Å²) in [7, 11) is 0. The van der Waals surface area contributed by atoms with Crippen molar-refractivity contribution in [3.05, 3.63) is 120 Å². The Labute approximate surface area is 189 Å². The Hall–Kier alpha value is -4.71. The lowest BCUT2D eigenvalue weighted by molar-refractivity contribution is -0.114. The van der Waals surface area contributed by atoms with Crippen molar-refractivity contribution in [3.63, 3.8) is 0 Å². The van der Waals surface area contributed by atoms with Crippen molar-refractivity contribution >= 4 is 29.4 Å². The van der Waals surface area contributed by atoms with Gasteiger partial charge in [-0.2, -0.15) is 10.1 Å². The fraction of sp³-hybridized carbons (Fsp3) is 0. The van der Waals surface area contributed by atoms with Gasteiger partial charge < -0.3 is 9.52 Å². The Morgan fingerprint density at radius 1 is 0.818 bits per heavy atom. The van der Waals surface area contributed by atoms with E-state index in [1.54, 1.807) is 30.3 Å². The predicted molar refractivity (Wildman–Crippen MR) is 126 cm³/mol. The first-order chi connectivity index (χ1) is 16.1. The summed E-state index contributed by atoms with van der Waals surface area (Å²) in [4.78, 5) is 24.4. The van der Waals surface area contributed by atoms with Gasteiger partial charge in [-0.3, -0.25) is 4.79 Å². The number of carboxylic acids is 1. The molecule has 6 heteroatoms. The van der Waals surface area contributed by atoms with Crippen molar-refractivity contribution in [2.45, 2.75) is 0 Å². The number of amides is 1. The summed E-state index contributed by atoms with van der Waals surface area (Å²) < 4.78 is 5.96. The number of para-hydroxylation sites is 1. The van der Waals surface area contributed by atoms with Crippen molar-refractivity contribution in [3.8, 4) is 11.3 Å². The van der Waals surface area contributed by atoms with Gasteiger partial charge in [0, 0.05) is 11.1 Å². The van der Waals surface area contributed by atoms with Crippen LogP contribution in [0.4, 0.5) is 5.69 Å². The molecule has 0 saturated carbocycles. The molecule has 1 N–H and O–H groups in total. The van der Waals surface area contributed by atoms with E-state index in [9.17, 15) is 9.59 Å². The second-order valence-corrected chi connectivity index (χ2v) is 7.41. The summed E-state index contributed by atoms with van der Waals surface area (Å²) in [6.45, 7) is 0. The van der Waals surface area contributed by atoms with Gasteiger partial charge in [-0.15, -0.1) is 0 Å². The van der Waals surface area contributed by atoms with E-state index in [-0.39, 0.29) is 11.5 Å². The van der Waals surface area contributed by atoms with Crippen LogP contribution in [-0.2, 0) is 4.79 Å². The van der Waals surface area contributed by atoms with Crippen LogP contribution in [0.15, 0.2) is 112 Å². The number of nitrogens with zero attached hydrogens (tertiary/aromatic N) is 2. The molecule has 1 aromatic heterocycles. The van der Waals surface area contributed by atoms with Crippen LogP contribution >= 0.6 is 0 Å². The normalized spacial score (nSPS) is 14.5. The molecule has 4 aromatic rings. The molecule has 0 fully saturated rings. The van der Waals surface area contributed by atoms with Crippen LogP contribution in [0, 0.1) is 0 Å². The number of carbonyl (C=O) groups excluding carboxylic acids is 1. The lowest BCUT2D eigenvalue weighted by atomic mass is 10.0. The van der Waals surface area contributed by atoms with Gasteiger partial charge in [0.25, 0.3) is 5.91 Å². The molecule has 0 bridgehead atoms. The molecule has 0 aliphatic carbocycles. The first kappa shape index (κ1) is 20.2. The molecule has 160 valence electrons.